The molecule has 0 aromatic heterocycles. The van der Waals surface area contributed by atoms with Crippen molar-refractivity contribution in [1.29, 1.82) is 0 Å². The molecule has 2 N–H and O–H groups in total. The number of halogens is 2. The van der Waals surface area contributed by atoms with E-state index in [9.17, 15) is 19.5 Å². The van der Waals surface area contributed by atoms with Crippen LogP contribution in [-0.2, 0) is 24.6 Å². The summed E-state index contributed by atoms with van der Waals surface area (Å²) in [6.07, 6.45) is 3.89. The van der Waals surface area contributed by atoms with Gasteiger partial charge in [-0.3, -0.25) is 29.5 Å². The smallest absolute Gasteiger partial charge is 0.260 e. The van der Waals surface area contributed by atoms with Crippen molar-refractivity contribution in [2.45, 2.75) is 24.2 Å². The number of carbonyl (C=O) groups is 4. The second kappa shape index (κ2) is 13.4. The number of ether oxygens (including phenoxy) is 2. The number of nitrogens with zero attached hydrogens (tertiary/aromatic N) is 2. The Labute approximate surface area is 321 Å². The number of fused-ring (bicyclic) bond motifs is 4. The van der Waals surface area contributed by atoms with Gasteiger partial charge < -0.3 is 14.6 Å². The fourth-order valence-corrected chi connectivity index (χ4v) is 9.54. The van der Waals surface area contributed by atoms with Gasteiger partial charge in [-0.05, 0) is 90.6 Å². The molecule has 8 rings (SSSR count). The molecule has 4 aromatic carbocycles. The van der Waals surface area contributed by atoms with E-state index in [0.717, 1.165) is 10.6 Å². The Hall–Kier alpha value is -5.58. The number of anilines is 2. The molecule has 6 atom stereocenters. The third-order valence-electron chi connectivity index (χ3n) is 11.5. The quantitative estimate of drug-likeness (QED) is 0.139. The predicted octanol–water partition coefficient (Wildman–Crippen LogP) is 7.55. The zero-order chi connectivity index (χ0) is 38.1. The number of hydrazine groups is 1. The summed E-state index contributed by atoms with van der Waals surface area (Å²) in [7, 11) is 3.03. The van der Waals surface area contributed by atoms with Crippen LogP contribution in [0.4, 0.5) is 11.4 Å². The number of hydrogen-bond donors (Lipinski definition) is 2. The van der Waals surface area contributed by atoms with Crippen LogP contribution in [0.15, 0.2) is 103 Å². The van der Waals surface area contributed by atoms with Crippen molar-refractivity contribution in [1.82, 2.24) is 5.01 Å². The summed E-state index contributed by atoms with van der Waals surface area (Å²) in [4.78, 5) is 60.3. The molecule has 54 heavy (non-hydrogen) atoms. The van der Waals surface area contributed by atoms with Gasteiger partial charge in [0.05, 0.1) is 53.8 Å². The molecular formula is C42H35Cl2N3O7. The van der Waals surface area contributed by atoms with Crippen LogP contribution >= 0.6 is 23.2 Å². The van der Waals surface area contributed by atoms with E-state index < -0.39 is 46.8 Å². The summed E-state index contributed by atoms with van der Waals surface area (Å²) in [5, 5.41) is 13.2. The van der Waals surface area contributed by atoms with Crippen molar-refractivity contribution < 1.29 is 33.8 Å². The van der Waals surface area contributed by atoms with Gasteiger partial charge in [-0.25, -0.2) is 0 Å². The fourth-order valence-electron chi connectivity index (χ4n) is 9.09. The van der Waals surface area contributed by atoms with Gasteiger partial charge in [-0.15, -0.1) is 0 Å². The number of nitrogens with one attached hydrogen (secondary N) is 1. The number of carbonyl (C=O) groups excluding carboxylic acids is 4. The molecule has 4 aromatic rings. The molecular weight excluding hydrogens is 729 g/mol. The summed E-state index contributed by atoms with van der Waals surface area (Å²) >= 11 is 12.7. The Kier molecular flexibility index (Phi) is 8.78. The first-order valence-electron chi connectivity index (χ1n) is 17.4. The molecule has 2 aliphatic carbocycles. The minimum Gasteiger partial charge on any atom is -0.508 e. The summed E-state index contributed by atoms with van der Waals surface area (Å²) in [5.41, 5.74) is 4.42. The molecule has 2 heterocycles. The summed E-state index contributed by atoms with van der Waals surface area (Å²) < 4.78 is 11.1. The molecule has 1 saturated carbocycles. The molecule has 4 aliphatic rings. The van der Waals surface area contributed by atoms with Crippen molar-refractivity contribution in [2.24, 2.45) is 23.7 Å². The van der Waals surface area contributed by atoms with Gasteiger partial charge in [0, 0.05) is 16.5 Å². The van der Waals surface area contributed by atoms with Crippen molar-refractivity contribution in [3.05, 3.63) is 130 Å². The van der Waals surface area contributed by atoms with Crippen LogP contribution in [0.25, 0.3) is 6.08 Å². The van der Waals surface area contributed by atoms with Gasteiger partial charge >= 0.3 is 0 Å². The van der Waals surface area contributed by atoms with Gasteiger partial charge in [0.15, 0.2) is 0 Å². The zero-order valence-electron chi connectivity index (χ0n) is 29.3. The summed E-state index contributed by atoms with van der Waals surface area (Å²) in [6, 6.07) is 23.4. The Morgan fingerprint density at radius 1 is 0.852 bits per heavy atom. The van der Waals surface area contributed by atoms with E-state index in [1.54, 1.807) is 78.9 Å². The first-order valence-corrected chi connectivity index (χ1v) is 18.2. The van der Waals surface area contributed by atoms with Crippen LogP contribution in [0, 0.1) is 23.7 Å². The van der Waals surface area contributed by atoms with E-state index in [1.807, 2.05) is 6.08 Å². The van der Waals surface area contributed by atoms with Crippen LogP contribution in [0.1, 0.15) is 35.4 Å². The SMILES string of the molecule is C=Cc1ccc(N2C(=O)C3CC=C4C(CC5C(=O)N(Nc6ccc(Cl)cc6Cl)C(=O)C5(c5ccc(OC)cc5)C4c4cc(OC)ccc4O)C3C2=O)cc1. The van der Waals surface area contributed by atoms with Gasteiger partial charge in [0.25, 0.3) is 11.8 Å². The number of methoxy groups -OCH3 is 2. The number of benzene rings is 4. The van der Waals surface area contributed by atoms with E-state index in [4.69, 9.17) is 32.7 Å². The lowest BCUT2D eigenvalue weighted by Gasteiger charge is -2.50. The monoisotopic (exact) mass is 763 g/mol. The highest BCUT2D eigenvalue weighted by atomic mass is 35.5. The number of phenolic OH excluding ortho intramolecular Hbond substituents is 1. The molecule has 2 saturated heterocycles. The highest BCUT2D eigenvalue weighted by Gasteiger charge is 2.70. The van der Waals surface area contributed by atoms with Crippen LogP contribution in [-0.4, -0.2) is 48.0 Å². The minimum absolute atomic E-state index is 0.0691. The highest BCUT2D eigenvalue weighted by Crippen LogP contribution is 2.65. The normalized spacial score (nSPS) is 25.9. The fraction of sp³-hybridized carbons (Fsp3) is 0.238. The van der Waals surface area contributed by atoms with Crippen molar-refractivity contribution in [3.63, 3.8) is 0 Å². The predicted molar refractivity (Wildman–Crippen MR) is 204 cm³/mol. The van der Waals surface area contributed by atoms with Crippen molar-refractivity contribution >= 4 is 64.3 Å². The number of rotatable bonds is 8. The second-order valence-electron chi connectivity index (χ2n) is 13.9. The lowest BCUT2D eigenvalue weighted by atomic mass is 9.49. The number of amides is 4. The van der Waals surface area contributed by atoms with Gasteiger partial charge in [0.1, 0.15) is 17.2 Å². The number of imide groups is 2. The maximum absolute atomic E-state index is 15.4. The number of hydrogen-bond acceptors (Lipinski definition) is 8. The first kappa shape index (κ1) is 35.4. The third-order valence-corrected chi connectivity index (χ3v) is 12.1. The van der Waals surface area contributed by atoms with Crippen molar-refractivity contribution in [2.75, 3.05) is 24.5 Å². The summed E-state index contributed by atoms with van der Waals surface area (Å²) in [6.45, 7) is 3.79. The number of allylic oxidation sites excluding steroid dienone is 2. The maximum atomic E-state index is 15.4. The Balaban J connectivity index is 1.34. The Morgan fingerprint density at radius 2 is 1.56 bits per heavy atom. The van der Waals surface area contributed by atoms with Crippen LogP contribution in [0.5, 0.6) is 17.2 Å². The van der Waals surface area contributed by atoms with Gasteiger partial charge in [0.2, 0.25) is 11.8 Å². The largest absolute Gasteiger partial charge is 0.508 e. The van der Waals surface area contributed by atoms with E-state index in [1.165, 1.54) is 31.3 Å². The Morgan fingerprint density at radius 3 is 2.22 bits per heavy atom. The van der Waals surface area contributed by atoms with E-state index in [2.05, 4.69) is 12.0 Å². The lowest BCUT2D eigenvalue weighted by molar-refractivity contribution is -0.138. The molecule has 4 amide bonds. The molecule has 274 valence electrons. The standard InChI is InChI=1S/C42H35Cl2N3O7/c1-4-22-5-10-25(11-6-22)46-38(49)29-16-15-28-30(36(29)40(46)51)21-32-39(50)47(45-34-17-9-24(43)19-33(34)44)41(52)42(32,23-7-12-26(53-2)13-8-23)37(28)31-20-27(54-3)14-18-35(31)48/h4-15,17-20,29-30,32,36-37,45,48H,1,16,21H2,2-3H3. The minimum atomic E-state index is -1.64. The molecule has 2 aliphatic heterocycles. The molecule has 10 nitrogen and oxygen atoms in total. The number of aromatic hydroxyl groups is 1. The van der Waals surface area contributed by atoms with E-state index in [0.29, 0.717) is 38.9 Å². The third kappa shape index (κ3) is 5.22. The van der Waals surface area contributed by atoms with Crippen LogP contribution in [0.2, 0.25) is 10.0 Å². The van der Waals surface area contributed by atoms with Gasteiger partial charge in [-0.1, -0.05) is 71.8 Å². The van der Waals surface area contributed by atoms with Gasteiger partial charge in [-0.2, -0.15) is 5.01 Å². The lowest BCUT2D eigenvalue weighted by Crippen LogP contribution is -2.53. The van der Waals surface area contributed by atoms with E-state index in [-0.39, 0.29) is 41.1 Å². The number of phenols is 1. The molecule has 6 unspecified atom stereocenters. The summed E-state index contributed by atoms with van der Waals surface area (Å²) in [5.74, 6) is -5.18. The topological polar surface area (TPSA) is 125 Å². The Bertz CT molecular complexity index is 2270. The first-order chi connectivity index (χ1) is 26.0. The highest BCUT2D eigenvalue weighted by molar-refractivity contribution is 6.36. The molecule has 0 bridgehead atoms. The molecule has 0 radical (unpaired) electrons. The second-order valence-corrected chi connectivity index (χ2v) is 14.8. The maximum Gasteiger partial charge on any atom is 0.260 e. The van der Waals surface area contributed by atoms with Crippen LogP contribution in [0.3, 0.4) is 0 Å². The molecule has 0 spiro atoms. The molecule has 12 heteroatoms. The van der Waals surface area contributed by atoms with Crippen molar-refractivity contribution in [3.8, 4) is 17.2 Å². The zero-order valence-corrected chi connectivity index (χ0v) is 30.8. The average molecular weight is 765 g/mol. The van der Waals surface area contributed by atoms with E-state index >= 15 is 4.79 Å². The average Bonchev–Trinajstić information content (AvgIpc) is 3.56. The van der Waals surface area contributed by atoms with Crippen LogP contribution < -0.4 is 19.8 Å². The molecule has 3 fully saturated rings.